The van der Waals surface area contributed by atoms with E-state index < -0.39 is 21.8 Å². The lowest BCUT2D eigenvalue weighted by atomic mass is 10.1. The lowest BCUT2D eigenvalue weighted by Gasteiger charge is -2.27. The number of rotatable bonds is 4. The van der Waals surface area contributed by atoms with Crippen LogP contribution in [0.4, 0.5) is 5.69 Å². The van der Waals surface area contributed by atoms with Crippen LogP contribution in [-0.2, 0) is 19.4 Å². The number of hydrogen-bond acceptors (Lipinski definition) is 6. The third-order valence-electron chi connectivity index (χ3n) is 4.40. The first-order valence-corrected chi connectivity index (χ1v) is 10.1. The molecule has 0 aromatic heterocycles. The molecule has 2 aliphatic heterocycles. The van der Waals surface area contributed by atoms with E-state index in [-0.39, 0.29) is 41.7 Å². The molecule has 1 atom stereocenters. The van der Waals surface area contributed by atoms with Crippen molar-refractivity contribution >= 4 is 38.8 Å². The maximum absolute atomic E-state index is 12.5. The third-order valence-corrected chi connectivity index (χ3v) is 6.15. The Morgan fingerprint density at radius 2 is 2.04 bits per heavy atom. The molecule has 1 aromatic carbocycles. The van der Waals surface area contributed by atoms with Gasteiger partial charge in [0.05, 0.1) is 17.5 Å². The first-order chi connectivity index (χ1) is 12.2. The van der Waals surface area contributed by atoms with E-state index in [1.54, 1.807) is 24.3 Å². The van der Waals surface area contributed by atoms with Gasteiger partial charge in [0, 0.05) is 24.1 Å². The Labute approximate surface area is 151 Å². The van der Waals surface area contributed by atoms with Crippen LogP contribution >= 0.6 is 0 Å². The predicted molar refractivity (Wildman–Crippen MR) is 95.7 cm³/mol. The van der Waals surface area contributed by atoms with Gasteiger partial charge in [-0.25, -0.2) is 13.4 Å². The maximum atomic E-state index is 12.5. The van der Waals surface area contributed by atoms with Gasteiger partial charge in [-0.2, -0.15) is 5.10 Å². The van der Waals surface area contributed by atoms with E-state index in [4.69, 9.17) is 0 Å². The van der Waals surface area contributed by atoms with E-state index in [1.165, 1.54) is 6.92 Å². The molecule has 8 nitrogen and oxygen atoms in total. The zero-order valence-electron chi connectivity index (χ0n) is 14.3. The second kappa shape index (κ2) is 6.99. The monoisotopic (exact) mass is 377 g/mol. The average Bonchev–Trinajstić information content (AvgIpc) is 2.95. The van der Waals surface area contributed by atoms with E-state index in [1.807, 2.05) is 0 Å². The number of amides is 2. The lowest BCUT2D eigenvalue weighted by molar-refractivity contribution is -0.133. The van der Waals surface area contributed by atoms with E-state index in [0.717, 1.165) is 5.01 Å². The molecular weight excluding hydrogens is 358 g/mol. The van der Waals surface area contributed by atoms with Crippen molar-refractivity contribution in [1.29, 1.82) is 0 Å². The average molecular weight is 377 g/mol. The minimum Gasteiger partial charge on any atom is -0.321 e. The fourth-order valence-electron chi connectivity index (χ4n) is 3.01. The quantitative estimate of drug-likeness (QED) is 0.786. The van der Waals surface area contributed by atoms with Crippen molar-refractivity contribution < 1.29 is 22.8 Å². The summed E-state index contributed by atoms with van der Waals surface area (Å²) in [7, 11) is -3.16. The molecule has 1 N–H and O–H groups in total. The number of carbonyl (C=O) groups is 3. The molecule has 2 heterocycles. The summed E-state index contributed by atoms with van der Waals surface area (Å²) >= 11 is 0. The van der Waals surface area contributed by atoms with Gasteiger partial charge in [0.15, 0.2) is 15.6 Å². The normalized spacial score (nSPS) is 22.0. The van der Waals surface area contributed by atoms with Crippen LogP contribution in [0.3, 0.4) is 0 Å². The van der Waals surface area contributed by atoms with Crippen LogP contribution in [0.2, 0.25) is 0 Å². The maximum Gasteiger partial charge on any atom is 0.271 e. The molecule has 2 amide bonds. The smallest absolute Gasteiger partial charge is 0.271 e. The van der Waals surface area contributed by atoms with Crippen molar-refractivity contribution in [3.05, 3.63) is 29.8 Å². The largest absolute Gasteiger partial charge is 0.321 e. The topological polar surface area (TPSA) is 113 Å². The Morgan fingerprint density at radius 1 is 1.27 bits per heavy atom. The lowest BCUT2D eigenvalue weighted by Crippen LogP contribution is -2.42. The number of benzene rings is 1. The van der Waals surface area contributed by atoms with Crippen LogP contribution in [0.25, 0.3) is 0 Å². The van der Waals surface area contributed by atoms with E-state index in [0.29, 0.717) is 17.7 Å². The van der Waals surface area contributed by atoms with E-state index in [9.17, 15) is 22.8 Å². The number of carbonyl (C=O) groups excluding carboxylic acids is 3. The number of anilines is 1. The summed E-state index contributed by atoms with van der Waals surface area (Å²) in [6.07, 6.45) is 0.621. The molecular formula is C17H19N3O5S. The van der Waals surface area contributed by atoms with Gasteiger partial charge in [-0.1, -0.05) is 12.1 Å². The third kappa shape index (κ3) is 3.98. The number of nitrogens with zero attached hydrogens (tertiary/aromatic N) is 2. The molecule has 0 unspecified atom stereocenters. The zero-order valence-corrected chi connectivity index (χ0v) is 15.1. The van der Waals surface area contributed by atoms with Crippen molar-refractivity contribution in [2.75, 3.05) is 16.8 Å². The van der Waals surface area contributed by atoms with E-state index >= 15 is 0 Å². The molecule has 1 fully saturated rings. The number of sulfone groups is 1. The van der Waals surface area contributed by atoms with Crippen molar-refractivity contribution in [3.8, 4) is 0 Å². The SMILES string of the molecule is CC(=O)c1cccc(NC(=O)C2=NN([C@H]3CCS(=O)(=O)C3)C(=O)CC2)c1. The molecule has 0 spiro atoms. The first kappa shape index (κ1) is 18.2. The van der Waals surface area contributed by atoms with Crippen LogP contribution < -0.4 is 5.32 Å². The van der Waals surface area contributed by atoms with E-state index in [2.05, 4.69) is 10.4 Å². The summed E-state index contributed by atoms with van der Waals surface area (Å²) in [4.78, 5) is 36.0. The highest BCUT2D eigenvalue weighted by Gasteiger charge is 2.37. The molecule has 9 heteroatoms. The van der Waals surface area contributed by atoms with Crippen LogP contribution in [-0.4, -0.2) is 54.3 Å². The molecule has 26 heavy (non-hydrogen) atoms. The van der Waals surface area contributed by atoms with Gasteiger partial charge in [-0.3, -0.25) is 14.4 Å². The number of nitrogens with one attached hydrogen (secondary N) is 1. The van der Waals surface area contributed by atoms with Crippen LogP contribution in [0.1, 0.15) is 36.5 Å². The highest BCUT2D eigenvalue weighted by Crippen LogP contribution is 2.22. The Bertz CT molecular complexity index is 907. The Balaban J connectivity index is 1.76. The Hall–Kier alpha value is -2.55. The molecule has 1 aromatic rings. The minimum atomic E-state index is -3.16. The van der Waals surface area contributed by atoms with Crippen molar-refractivity contribution in [3.63, 3.8) is 0 Å². The molecule has 3 rings (SSSR count). The highest BCUT2D eigenvalue weighted by molar-refractivity contribution is 7.91. The van der Waals surface area contributed by atoms with Gasteiger partial charge >= 0.3 is 0 Å². The number of ketones is 1. The van der Waals surface area contributed by atoms with Crippen LogP contribution in [0.5, 0.6) is 0 Å². The van der Waals surface area contributed by atoms with Gasteiger partial charge in [-0.15, -0.1) is 0 Å². The van der Waals surface area contributed by atoms with Gasteiger partial charge in [0.25, 0.3) is 5.91 Å². The summed E-state index contributed by atoms with van der Waals surface area (Å²) < 4.78 is 23.3. The Morgan fingerprint density at radius 3 is 2.69 bits per heavy atom. The summed E-state index contributed by atoms with van der Waals surface area (Å²) in [5.41, 5.74) is 1.10. The molecule has 1 saturated heterocycles. The molecule has 0 aliphatic carbocycles. The molecule has 0 bridgehead atoms. The minimum absolute atomic E-state index is 0.0241. The van der Waals surface area contributed by atoms with Crippen molar-refractivity contribution in [2.24, 2.45) is 5.10 Å². The number of hydrogen-bond donors (Lipinski definition) is 1. The van der Waals surface area contributed by atoms with Crippen LogP contribution in [0.15, 0.2) is 29.4 Å². The molecule has 2 aliphatic rings. The summed E-state index contributed by atoms with van der Waals surface area (Å²) in [5, 5.41) is 7.94. The second-order valence-electron chi connectivity index (χ2n) is 6.43. The fraction of sp³-hybridized carbons (Fsp3) is 0.412. The summed E-state index contributed by atoms with van der Waals surface area (Å²) in [5.74, 6) is -0.963. The summed E-state index contributed by atoms with van der Waals surface area (Å²) in [6, 6.07) is 6.01. The van der Waals surface area contributed by atoms with Gasteiger partial charge in [-0.05, 0) is 25.5 Å². The van der Waals surface area contributed by atoms with Crippen molar-refractivity contribution in [1.82, 2.24) is 5.01 Å². The molecule has 138 valence electrons. The van der Waals surface area contributed by atoms with Gasteiger partial charge in [0.2, 0.25) is 5.91 Å². The van der Waals surface area contributed by atoms with Crippen molar-refractivity contribution in [2.45, 2.75) is 32.2 Å². The molecule has 0 saturated carbocycles. The summed E-state index contributed by atoms with van der Waals surface area (Å²) in [6.45, 7) is 1.44. The molecule has 0 radical (unpaired) electrons. The number of Topliss-reactive ketones (excluding diaryl/α,β-unsaturated/α-hetero) is 1. The van der Waals surface area contributed by atoms with Gasteiger partial charge < -0.3 is 5.32 Å². The predicted octanol–water partition coefficient (Wildman–Crippen LogP) is 0.993. The highest BCUT2D eigenvalue weighted by atomic mass is 32.2. The number of hydrazone groups is 1. The zero-order chi connectivity index (χ0) is 18.9. The van der Waals surface area contributed by atoms with Gasteiger partial charge in [0.1, 0.15) is 5.71 Å². The second-order valence-corrected chi connectivity index (χ2v) is 8.66. The first-order valence-electron chi connectivity index (χ1n) is 8.27. The fourth-order valence-corrected chi connectivity index (χ4v) is 4.70. The Kier molecular flexibility index (Phi) is 4.90. The van der Waals surface area contributed by atoms with Crippen LogP contribution in [0, 0.1) is 0 Å². The standard InChI is InChI=1S/C17H19N3O5S/c1-11(21)12-3-2-4-13(9-12)18-17(23)15-5-6-16(22)20(19-15)14-7-8-26(24,25)10-14/h2-4,9,14H,5-8,10H2,1H3,(H,18,23)/t14-/m0/s1.